The van der Waals surface area contributed by atoms with Crippen LogP contribution < -0.4 is 0 Å². The first-order valence-electron chi connectivity index (χ1n) is 9.28. The number of amides is 1. The summed E-state index contributed by atoms with van der Waals surface area (Å²) in [6.07, 6.45) is 4.61. The van der Waals surface area contributed by atoms with Crippen LogP contribution in [0.25, 0.3) is 0 Å². The molecule has 0 N–H and O–H groups in total. The minimum atomic E-state index is 0.142. The Labute approximate surface area is 143 Å². The van der Waals surface area contributed by atoms with Gasteiger partial charge in [-0.2, -0.15) is 0 Å². The van der Waals surface area contributed by atoms with Crippen LogP contribution in [0.2, 0.25) is 0 Å². The average molecular weight is 321 g/mol. The van der Waals surface area contributed by atoms with Crippen LogP contribution in [0.3, 0.4) is 0 Å². The summed E-state index contributed by atoms with van der Waals surface area (Å²) in [4.78, 5) is 17.5. The maximum Gasteiger partial charge on any atom is 0.226 e. The Kier molecular flexibility index (Phi) is 5.60. The summed E-state index contributed by atoms with van der Waals surface area (Å²) >= 11 is 0. The summed E-state index contributed by atoms with van der Waals surface area (Å²) in [5.41, 5.74) is 1.47. The molecule has 3 heteroatoms. The van der Waals surface area contributed by atoms with E-state index in [0.29, 0.717) is 17.9 Å². The average Bonchev–Trinajstić information content (AvgIpc) is 2.98. The summed E-state index contributed by atoms with van der Waals surface area (Å²) in [6, 6.07) is 0.603. The SMILES string of the molecule is CC(C)=C[C@@H]1[C@H](C(=O)N2CCC(CN(C)C(C)C)CC2)C1(C)C. The molecule has 1 aliphatic heterocycles. The van der Waals surface area contributed by atoms with Gasteiger partial charge in [0, 0.05) is 25.7 Å². The normalized spacial score (nSPS) is 27.4. The van der Waals surface area contributed by atoms with Crippen molar-refractivity contribution < 1.29 is 4.79 Å². The van der Waals surface area contributed by atoms with Gasteiger partial charge in [-0.3, -0.25) is 4.79 Å². The molecule has 2 atom stereocenters. The van der Waals surface area contributed by atoms with Crippen molar-refractivity contribution in [2.45, 2.75) is 60.4 Å². The van der Waals surface area contributed by atoms with Crippen molar-refractivity contribution in [3.8, 4) is 0 Å². The van der Waals surface area contributed by atoms with E-state index in [4.69, 9.17) is 0 Å². The Morgan fingerprint density at radius 2 is 1.83 bits per heavy atom. The number of likely N-dealkylation sites (tertiary alicyclic amines) is 1. The molecule has 1 amide bonds. The smallest absolute Gasteiger partial charge is 0.226 e. The third kappa shape index (κ3) is 4.17. The predicted octanol–water partition coefficient (Wildman–Crippen LogP) is 3.80. The molecule has 0 aromatic carbocycles. The van der Waals surface area contributed by atoms with E-state index in [-0.39, 0.29) is 11.3 Å². The summed E-state index contributed by atoms with van der Waals surface area (Å²) in [5.74, 6) is 1.78. The van der Waals surface area contributed by atoms with E-state index in [1.165, 1.54) is 5.57 Å². The number of hydrogen-bond acceptors (Lipinski definition) is 2. The number of rotatable bonds is 5. The van der Waals surface area contributed by atoms with Crippen LogP contribution in [0.1, 0.15) is 54.4 Å². The van der Waals surface area contributed by atoms with E-state index in [1.807, 2.05) is 0 Å². The molecule has 2 aliphatic rings. The monoisotopic (exact) mass is 320 g/mol. The molecular formula is C20H36N2O. The topological polar surface area (TPSA) is 23.6 Å². The zero-order chi connectivity index (χ0) is 17.4. The Morgan fingerprint density at radius 1 is 1.26 bits per heavy atom. The second-order valence-corrected chi connectivity index (χ2v) is 8.87. The number of carbonyl (C=O) groups excluding carboxylic acids is 1. The molecule has 0 radical (unpaired) electrons. The third-order valence-electron chi connectivity index (χ3n) is 6.04. The first kappa shape index (κ1) is 18.5. The molecule has 23 heavy (non-hydrogen) atoms. The Morgan fingerprint density at radius 3 is 2.30 bits per heavy atom. The van der Waals surface area contributed by atoms with Crippen molar-refractivity contribution in [3.63, 3.8) is 0 Å². The summed E-state index contributed by atoms with van der Waals surface area (Å²) in [6.45, 7) is 16.3. The molecule has 132 valence electrons. The van der Waals surface area contributed by atoms with Crippen molar-refractivity contribution in [1.82, 2.24) is 9.80 Å². The lowest BCUT2D eigenvalue weighted by Crippen LogP contribution is -2.43. The zero-order valence-electron chi connectivity index (χ0n) is 16.2. The summed E-state index contributed by atoms with van der Waals surface area (Å²) < 4.78 is 0. The lowest BCUT2D eigenvalue weighted by atomic mass is 9.95. The van der Waals surface area contributed by atoms with Gasteiger partial charge >= 0.3 is 0 Å². The summed E-state index contributed by atoms with van der Waals surface area (Å²) in [7, 11) is 2.21. The molecule has 0 bridgehead atoms. The van der Waals surface area contributed by atoms with Crippen LogP contribution in [-0.2, 0) is 4.79 Å². The highest BCUT2D eigenvalue weighted by molar-refractivity contribution is 5.84. The van der Waals surface area contributed by atoms with Gasteiger partial charge in [0.05, 0.1) is 5.92 Å². The maximum atomic E-state index is 12.9. The second-order valence-electron chi connectivity index (χ2n) is 8.87. The van der Waals surface area contributed by atoms with Crippen LogP contribution in [0, 0.1) is 23.2 Å². The fourth-order valence-electron chi connectivity index (χ4n) is 3.97. The van der Waals surface area contributed by atoms with E-state index in [1.54, 1.807) is 0 Å². The minimum absolute atomic E-state index is 0.142. The van der Waals surface area contributed by atoms with Gasteiger partial charge in [0.15, 0.2) is 0 Å². The van der Waals surface area contributed by atoms with Crippen molar-refractivity contribution in [2.75, 3.05) is 26.7 Å². The summed E-state index contributed by atoms with van der Waals surface area (Å²) in [5, 5.41) is 0. The number of carbonyl (C=O) groups is 1. The van der Waals surface area contributed by atoms with Crippen LogP contribution in [0.5, 0.6) is 0 Å². The highest BCUT2D eigenvalue weighted by atomic mass is 16.2. The maximum absolute atomic E-state index is 12.9. The third-order valence-corrected chi connectivity index (χ3v) is 6.04. The molecule has 0 unspecified atom stereocenters. The van der Waals surface area contributed by atoms with Gasteiger partial charge in [0.25, 0.3) is 0 Å². The van der Waals surface area contributed by atoms with Gasteiger partial charge in [0.1, 0.15) is 0 Å². The van der Waals surface area contributed by atoms with E-state index >= 15 is 0 Å². The highest BCUT2D eigenvalue weighted by Gasteiger charge is 2.61. The fourth-order valence-corrected chi connectivity index (χ4v) is 3.97. The molecule has 1 saturated carbocycles. The Balaban J connectivity index is 1.86. The highest BCUT2D eigenvalue weighted by Crippen LogP contribution is 2.60. The molecule has 1 saturated heterocycles. The lowest BCUT2D eigenvalue weighted by Gasteiger charge is -2.35. The number of nitrogens with zero attached hydrogens (tertiary/aromatic N) is 2. The van der Waals surface area contributed by atoms with Crippen LogP contribution in [0.15, 0.2) is 11.6 Å². The molecule has 0 aromatic rings. The molecule has 0 aromatic heterocycles. The van der Waals surface area contributed by atoms with Gasteiger partial charge < -0.3 is 9.80 Å². The van der Waals surface area contributed by atoms with Crippen molar-refractivity contribution in [3.05, 3.63) is 11.6 Å². The van der Waals surface area contributed by atoms with Crippen LogP contribution >= 0.6 is 0 Å². The molecule has 1 aliphatic carbocycles. The fraction of sp³-hybridized carbons (Fsp3) is 0.850. The quantitative estimate of drug-likeness (QED) is 0.719. The van der Waals surface area contributed by atoms with E-state index < -0.39 is 0 Å². The largest absolute Gasteiger partial charge is 0.342 e. The predicted molar refractivity (Wildman–Crippen MR) is 97.3 cm³/mol. The van der Waals surface area contributed by atoms with E-state index in [0.717, 1.165) is 38.4 Å². The number of piperidine rings is 1. The van der Waals surface area contributed by atoms with Gasteiger partial charge in [0.2, 0.25) is 5.91 Å². The second kappa shape index (κ2) is 6.96. The van der Waals surface area contributed by atoms with Crippen molar-refractivity contribution >= 4 is 5.91 Å². The van der Waals surface area contributed by atoms with Crippen molar-refractivity contribution in [2.24, 2.45) is 23.2 Å². The molecule has 0 spiro atoms. The van der Waals surface area contributed by atoms with E-state index in [9.17, 15) is 4.79 Å². The van der Waals surface area contributed by atoms with Gasteiger partial charge in [-0.25, -0.2) is 0 Å². The molecule has 2 fully saturated rings. The standard InChI is InChI=1S/C20H36N2O/c1-14(2)12-17-18(20(17,5)6)19(23)22-10-8-16(9-11-22)13-21(7)15(3)4/h12,15-18H,8-11,13H2,1-7H3/t17-,18-/m1/s1. The molecule has 3 nitrogen and oxygen atoms in total. The minimum Gasteiger partial charge on any atom is -0.342 e. The number of allylic oxidation sites excluding steroid dienone is 2. The van der Waals surface area contributed by atoms with Crippen LogP contribution in [0.4, 0.5) is 0 Å². The van der Waals surface area contributed by atoms with Gasteiger partial charge in [-0.1, -0.05) is 25.5 Å². The first-order valence-corrected chi connectivity index (χ1v) is 9.28. The van der Waals surface area contributed by atoms with Crippen LogP contribution in [-0.4, -0.2) is 48.4 Å². The molecule has 2 rings (SSSR count). The zero-order valence-corrected chi connectivity index (χ0v) is 16.2. The number of hydrogen-bond donors (Lipinski definition) is 0. The van der Waals surface area contributed by atoms with Crippen molar-refractivity contribution in [1.29, 1.82) is 0 Å². The molecule has 1 heterocycles. The Hall–Kier alpha value is -0.830. The lowest BCUT2D eigenvalue weighted by molar-refractivity contribution is -0.135. The first-order chi connectivity index (χ1) is 10.6. The van der Waals surface area contributed by atoms with Gasteiger partial charge in [-0.05, 0) is 64.8 Å². The van der Waals surface area contributed by atoms with Gasteiger partial charge in [-0.15, -0.1) is 0 Å². The molecular weight excluding hydrogens is 284 g/mol. The Bertz CT molecular complexity index is 454. The van der Waals surface area contributed by atoms with E-state index in [2.05, 4.69) is 64.5 Å².